The molecule has 3 nitrogen and oxygen atoms in total. The van der Waals surface area contributed by atoms with Crippen molar-refractivity contribution in [1.82, 2.24) is 14.5 Å². The Morgan fingerprint density at radius 1 is 0.625 bits per heavy atom. The van der Waals surface area contributed by atoms with Crippen molar-refractivity contribution in [3.05, 3.63) is 139 Å². The fourth-order valence-corrected chi connectivity index (χ4v) is 6.90. The van der Waals surface area contributed by atoms with Gasteiger partial charge in [-0.1, -0.05) is 66.7 Å². The Kier molecular flexibility index (Phi) is 5.25. The van der Waals surface area contributed by atoms with E-state index >= 15 is 4.39 Å². The number of aromatic nitrogens is 3. The zero-order valence-electron chi connectivity index (χ0n) is 21.3. The first-order valence-corrected chi connectivity index (χ1v) is 14.0. The Balaban J connectivity index is 1.38. The van der Waals surface area contributed by atoms with Crippen LogP contribution < -0.4 is 0 Å². The maximum atomic E-state index is 16.2. The normalized spacial score (nSPS) is 12.5. The molecule has 0 bridgehead atoms. The fraction of sp³-hybridized carbons (Fsp3) is 0.0286. The number of alkyl halides is 1. The number of rotatable bonds is 4. The summed E-state index contributed by atoms with van der Waals surface area (Å²) < 4.78 is 20.9. The van der Waals surface area contributed by atoms with Crippen LogP contribution in [-0.2, 0) is 0 Å². The Bertz CT molecular complexity index is 2180. The van der Waals surface area contributed by atoms with Gasteiger partial charge in [0.2, 0.25) is 0 Å². The van der Waals surface area contributed by atoms with Crippen molar-refractivity contribution in [1.29, 1.82) is 0 Å². The van der Waals surface area contributed by atoms with Gasteiger partial charge in [-0.15, -0.1) is 11.3 Å². The highest BCUT2D eigenvalue weighted by Gasteiger charge is 2.21. The summed E-state index contributed by atoms with van der Waals surface area (Å²) in [5.41, 5.74) is 4.99. The minimum Gasteiger partial charge on any atom is -0.293 e. The highest BCUT2D eigenvalue weighted by molar-refractivity contribution is 7.26. The summed E-state index contributed by atoms with van der Waals surface area (Å²) in [4.78, 5) is 9.18. The molecular formula is C35H22FN3S. The van der Waals surface area contributed by atoms with Crippen molar-refractivity contribution in [2.24, 2.45) is 0 Å². The van der Waals surface area contributed by atoms with Gasteiger partial charge in [-0.3, -0.25) is 9.55 Å². The Hall–Kier alpha value is -4.87. The smallest absolute Gasteiger partial charge is 0.150 e. The molecule has 0 aliphatic heterocycles. The summed E-state index contributed by atoms with van der Waals surface area (Å²) >= 11 is 1.80. The Labute approximate surface area is 233 Å². The van der Waals surface area contributed by atoms with Crippen LogP contribution in [-0.4, -0.2) is 14.5 Å². The lowest BCUT2D eigenvalue weighted by molar-refractivity contribution is 0.402. The van der Waals surface area contributed by atoms with Gasteiger partial charge in [0.25, 0.3) is 0 Å². The number of nitrogens with zero attached hydrogens (tertiary/aromatic N) is 3. The van der Waals surface area contributed by atoms with Gasteiger partial charge in [0.15, 0.2) is 6.17 Å². The van der Waals surface area contributed by atoms with Crippen molar-refractivity contribution < 1.29 is 4.39 Å². The molecule has 0 saturated carbocycles. The summed E-state index contributed by atoms with van der Waals surface area (Å²) in [6, 6.07) is 38.2. The molecule has 8 aromatic rings. The number of hydrogen-bond acceptors (Lipinski definition) is 3. The van der Waals surface area contributed by atoms with Crippen LogP contribution in [0.4, 0.5) is 4.39 Å². The molecule has 0 N–H and O–H groups in total. The standard InChI is InChI=1S/C35H22FN3S/c36-34(23-9-7-8-22(20-23)28-11-3-5-18-37-28)24-14-15-25-26-16-17-31-33(27-10-1-2-12-30(27)40-31)35(26)39(29(25)21-24)32-13-4-6-19-38-32/h1-21,34H. The number of benzene rings is 4. The van der Waals surface area contributed by atoms with Gasteiger partial charge < -0.3 is 0 Å². The number of hydrogen-bond donors (Lipinski definition) is 0. The summed E-state index contributed by atoms with van der Waals surface area (Å²) in [5.74, 6) is 0.815. The van der Waals surface area contributed by atoms with E-state index in [1.54, 1.807) is 17.5 Å². The molecule has 0 radical (unpaired) electrons. The van der Waals surface area contributed by atoms with Crippen molar-refractivity contribution in [3.8, 4) is 17.1 Å². The van der Waals surface area contributed by atoms with E-state index in [0.29, 0.717) is 11.1 Å². The molecule has 8 rings (SSSR count). The van der Waals surface area contributed by atoms with Crippen LogP contribution >= 0.6 is 11.3 Å². The minimum absolute atomic E-state index is 0.606. The highest BCUT2D eigenvalue weighted by Crippen LogP contribution is 2.43. The average Bonchev–Trinajstić information content (AvgIpc) is 3.57. The highest BCUT2D eigenvalue weighted by atomic mass is 32.1. The van der Waals surface area contributed by atoms with Crippen LogP contribution in [0.3, 0.4) is 0 Å². The molecule has 1 atom stereocenters. The second kappa shape index (κ2) is 9.11. The van der Waals surface area contributed by atoms with Gasteiger partial charge in [0.05, 0.1) is 16.7 Å². The Morgan fingerprint density at radius 3 is 2.27 bits per heavy atom. The minimum atomic E-state index is -1.29. The lowest BCUT2D eigenvalue weighted by Gasteiger charge is -2.12. The van der Waals surface area contributed by atoms with Crippen LogP contribution in [0.15, 0.2) is 128 Å². The number of thiophene rings is 1. The van der Waals surface area contributed by atoms with Crippen molar-refractivity contribution >= 4 is 53.3 Å². The molecular weight excluding hydrogens is 513 g/mol. The monoisotopic (exact) mass is 535 g/mol. The fourth-order valence-electron chi connectivity index (χ4n) is 5.79. The van der Waals surface area contributed by atoms with Crippen molar-refractivity contribution in [3.63, 3.8) is 0 Å². The van der Waals surface area contributed by atoms with Crippen LogP contribution in [0.1, 0.15) is 17.3 Å². The Morgan fingerprint density at radius 2 is 1.43 bits per heavy atom. The first-order valence-electron chi connectivity index (χ1n) is 13.2. The van der Waals surface area contributed by atoms with E-state index in [-0.39, 0.29) is 0 Å². The second-order valence-corrected chi connectivity index (χ2v) is 11.0. The maximum Gasteiger partial charge on any atom is 0.150 e. The van der Waals surface area contributed by atoms with E-state index in [0.717, 1.165) is 38.9 Å². The van der Waals surface area contributed by atoms with Crippen LogP contribution in [0, 0.1) is 0 Å². The van der Waals surface area contributed by atoms with E-state index in [1.807, 2.05) is 79.0 Å². The molecule has 190 valence electrons. The van der Waals surface area contributed by atoms with E-state index < -0.39 is 6.17 Å². The lowest BCUT2D eigenvalue weighted by Crippen LogP contribution is -1.99. The summed E-state index contributed by atoms with van der Waals surface area (Å²) in [6.45, 7) is 0. The maximum absolute atomic E-state index is 16.2. The van der Waals surface area contributed by atoms with Gasteiger partial charge in [-0.05, 0) is 59.7 Å². The molecule has 0 fully saturated rings. The van der Waals surface area contributed by atoms with Crippen molar-refractivity contribution in [2.75, 3.05) is 0 Å². The molecule has 0 spiro atoms. The van der Waals surface area contributed by atoms with Gasteiger partial charge in [-0.2, -0.15) is 0 Å². The quantitative estimate of drug-likeness (QED) is 0.225. The number of fused-ring (bicyclic) bond motifs is 7. The molecule has 4 aromatic carbocycles. The molecule has 0 aliphatic rings. The van der Waals surface area contributed by atoms with E-state index in [2.05, 4.69) is 52.0 Å². The zero-order chi connectivity index (χ0) is 26.6. The molecule has 5 heteroatoms. The SMILES string of the molecule is FC(c1cccc(-c2ccccn2)c1)c1ccc2c3ccc4sc5ccccc5c4c3n(-c3ccccn3)c2c1. The summed E-state index contributed by atoms with van der Waals surface area (Å²) in [6.07, 6.45) is 2.28. The molecule has 1 unspecified atom stereocenters. The first kappa shape index (κ1) is 23.1. The molecule has 4 aromatic heterocycles. The van der Waals surface area contributed by atoms with Crippen LogP contribution in [0.2, 0.25) is 0 Å². The predicted octanol–water partition coefficient (Wildman–Crippen LogP) is 9.67. The topological polar surface area (TPSA) is 30.7 Å². The van der Waals surface area contributed by atoms with E-state index in [9.17, 15) is 0 Å². The van der Waals surface area contributed by atoms with Gasteiger partial charge in [-0.25, -0.2) is 9.37 Å². The van der Waals surface area contributed by atoms with Gasteiger partial charge in [0.1, 0.15) is 5.82 Å². The van der Waals surface area contributed by atoms with E-state index in [1.165, 1.54) is 20.2 Å². The third kappa shape index (κ3) is 3.55. The largest absolute Gasteiger partial charge is 0.293 e. The van der Waals surface area contributed by atoms with Crippen molar-refractivity contribution in [2.45, 2.75) is 6.17 Å². The molecule has 0 aliphatic carbocycles. The van der Waals surface area contributed by atoms with Gasteiger partial charge >= 0.3 is 0 Å². The second-order valence-electron chi connectivity index (χ2n) is 9.94. The number of halogens is 1. The van der Waals surface area contributed by atoms with Crippen LogP contribution in [0.25, 0.3) is 59.1 Å². The zero-order valence-corrected chi connectivity index (χ0v) is 22.1. The molecule has 0 amide bonds. The van der Waals surface area contributed by atoms with Gasteiger partial charge in [0, 0.05) is 48.9 Å². The lowest BCUT2D eigenvalue weighted by atomic mass is 9.98. The van der Waals surface area contributed by atoms with Crippen LogP contribution in [0.5, 0.6) is 0 Å². The molecule has 40 heavy (non-hydrogen) atoms. The average molecular weight is 536 g/mol. The predicted molar refractivity (Wildman–Crippen MR) is 164 cm³/mol. The summed E-state index contributed by atoms with van der Waals surface area (Å²) in [5, 5.41) is 4.65. The third-order valence-electron chi connectivity index (χ3n) is 7.60. The molecule has 0 saturated heterocycles. The number of pyridine rings is 2. The summed E-state index contributed by atoms with van der Waals surface area (Å²) in [7, 11) is 0. The third-order valence-corrected chi connectivity index (χ3v) is 8.74. The first-order chi connectivity index (χ1) is 19.8. The molecule has 4 heterocycles. The van der Waals surface area contributed by atoms with E-state index in [4.69, 9.17) is 4.98 Å².